The highest BCUT2D eigenvalue weighted by molar-refractivity contribution is 5.76. The molecule has 3 rings (SSSR count). The van der Waals surface area contributed by atoms with Crippen LogP contribution in [-0.4, -0.2) is 65.5 Å². The minimum Gasteiger partial charge on any atom is -0.463 e. The van der Waals surface area contributed by atoms with Gasteiger partial charge in [-0.1, -0.05) is 24.3 Å². The Morgan fingerprint density at radius 2 is 1.77 bits per heavy atom. The third-order valence-corrected chi connectivity index (χ3v) is 5.71. The van der Waals surface area contributed by atoms with Crippen molar-refractivity contribution >= 4 is 5.97 Å². The van der Waals surface area contributed by atoms with Crippen LogP contribution in [0.3, 0.4) is 0 Å². The standard InChI is InChI=1S/C22H30N4O5/c1-15-19(20(27)25(3)22(29)24(15)2)17-6-4-16(5-7-17)14-18(23)21(28)31-13-10-26-8-11-30-12-9-26/h4-7,18H,8-14,23H2,1-3H3/t18-/m0/s1. The van der Waals surface area contributed by atoms with Gasteiger partial charge in [0.05, 0.1) is 18.8 Å². The fourth-order valence-electron chi connectivity index (χ4n) is 3.63. The summed E-state index contributed by atoms with van der Waals surface area (Å²) in [4.78, 5) is 39.0. The first-order chi connectivity index (χ1) is 14.8. The molecule has 1 aromatic carbocycles. The van der Waals surface area contributed by atoms with E-state index in [4.69, 9.17) is 15.2 Å². The van der Waals surface area contributed by atoms with E-state index in [1.54, 1.807) is 26.1 Å². The number of ether oxygens (including phenoxy) is 2. The number of hydrogen-bond acceptors (Lipinski definition) is 7. The third kappa shape index (κ3) is 5.30. The summed E-state index contributed by atoms with van der Waals surface area (Å²) in [6.07, 6.45) is 0.334. The van der Waals surface area contributed by atoms with Crippen molar-refractivity contribution in [2.45, 2.75) is 19.4 Å². The molecule has 0 saturated carbocycles. The number of nitrogens with zero attached hydrogens (tertiary/aromatic N) is 3. The van der Waals surface area contributed by atoms with E-state index in [2.05, 4.69) is 4.90 Å². The Morgan fingerprint density at radius 3 is 2.42 bits per heavy atom. The zero-order valence-corrected chi connectivity index (χ0v) is 18.3. The largest absolute Gasteiger partial charge is 0.463 e. The summed E-state index contributed by atoms with van der Waals surface area (Å²) in [6.45, 7) is 5.81. The lowest BCUT2D eigenvalue weighted by Crippen LogP contribution is -2.40. The highest BCUT2D eigenvalue weighted by atomic mass is 16.5. The van der Waals surface area contributed by atoms with E-state index in [1.807, 2.05) is 12.1 Å². The number of hydrogen-bond donors (Lipinski definition) is 1. The maximum absolute atomic E-state index is 12.6. The average molecular weight is 431 g/mol. The van der Waals surface area contributed by atoms with Crippen molar-refractivity contribution in [1.82, 2.24) is 14.0 Å². The maximum atomic E-state index is 12.6. The first kappa shape index (κ1) is 22.9. The summed E-state index contributed by atoms with van der Waals surface area (Å²) in [6, 6.07) is 6.52. The van der Waals surface area contributed by atoms with Gasteiger partial charge in [0.2, 0.25) is 0 Å². The lowest BCUT2D eigenvalue weighted by atomic mass is 10.0. The molecule has 2 aromatic rings. The van der Waals surface area contributed by atoms with Crippen LogP contribution in [0, 0.1) is 6.92 Å². The van der Waals surface area contributed by atoms with Gasteiger partial charge in [-0.25, -0.2) is 4.79 Å². The molecule has 9 heteroatoms. The lowest BCUT2D eigenvalue weighted by molar-refractivity contribution is -0.145. The van der Waals surface area contributed by atoms with Gasteiger partial charge < -0.3 is 19.8 Å². The minimum atomic E-state index is -0.761. The van der Waals surface area contributed by atoms with Gasteiger partial charge in [-0.2, -0.15) is 0 Å². The smallest absolute Gasteiger partial charge is 0.330 e. The van der Waals surface area contributed by atoms with Gasteiger partial charge in [0, 0.05) is 39.4 Å². The molecule has 1 aromatic heterocycles. The number of benzene rings is 1. The molecule has 168 valence electrons. The fraction of sp³-hybridized carbons (Fsp3) is 0.500. The number of nitrogens with two attached hydrogens (primary N) is 1. The Balaban J connectivity index is 1.61. The Bertz CT molecular complexity index is 1040. The van der Waals surface area contributed by atoms with Crippen LogP contribution in [0.4, 0.5) is 0 Å². The van der Waals surface area contributed by atoms with E-state index >= 15 is 0 Å². The maximum Gasteiger partial charge on any atom is 0.330 e. The van der Waals surface area contributed by atoms with Gasteiger partial charge in [0.1, 0.15) is 12.6 Å². The lowest BCUT2D eigenvalue weighted by Gasteiger charge is -2.26. The van der Waals surface area contributed by atoms with Gasteiger partial charge in [-0.3, -0.25) is 19.1 Å². The fourth-order valence-corrected chi connectivity index (χ4v) is 3.63. The van der Waals surface area contributed by atoms with Crippen LogP contribution >= 0.6 is 0 Å². The van der Waals surface area contributed by atoms with Crippen LogP contribution in [0.25, 0.3) is 11.1 Å². The van der Waals surface area contributed by atoms with Crippen LogP contribution < -0.4 is 17.0 Å². The number of morpholine rings is 1. The zero-order chi connectivity index (χ0) is 22.5. The highest BCUT2D eigenvalue weighted by Crippen LogP contribution is 2.19. The molecule has 1 saturated heterocycles. The van der Waals surface area contributed by atoms with E-state index in [0.29, 0.717) is 49.6 Å². The minimum absolute atomic E-state index is 0.306. The van der Waals surface area contributed by atoms with E-state index in [0.717, 1.165) is 23.2 Å². The molecule has 0 amide bonds. The second kappa shape index (κ2) is 10.0. The summed E-state index contributed by atoms with van der Waals surface area (Å²) in [7, 11) is 3.10. The van der Waals surface area contributed by atoms with Gasteiger partial charge in [0.25, 0.3) is 5.56 Å². The van der Waals surface area contributed by atoms with Crippen molar-refractivity contribution in [2.75, 3.05) is 39.5 Å². The van der Waals surface area contributed by atoms with Crippen molar-refractivity contribution in [3.8, 4) is 11.1 Å². The second-order valence-corrected chi connectivity index (χ2v) is 7.80. The van der Waals surface area contributed by atoms with Crippen LogP contribution in [0.15, 0.2) is 33.9 Å². The Hall–Kier alpha value is -2.75. The zero-order valence-electron chi connectivity index (χ0n) is 18.3. The topological polar surface area (TPSA) is 109 Å². The molecule has 2 heterocycles. The number of carbonyl (C=O) groups excluding carboxylic acids is 1. The quantitative estimate of drug-likeness (QED) is 0.606. The van der Waals surface area contributed by atoms with Gasteiger partial charge in [-0.05, 0) is 24.5 Å². The molecule has 0 aliphatic carbocycles. The molecule has 1 atom stereocenters. The summed E-state index contributed by atoms with van der Waals surface area (Å²) in [5, 5.41) is 0. The molecule has 0 radical (unpaired) electrons. The molecule has 31 heavy (non-hydrogen) atoms. The van der Waals surface area contributed by atoms with Crippen molar-refractivity contribution in [3.63, 3.8) is 0 Å². The average Bonchev–Trinajstić information content (AvgIpc) is 2.78. The SMILES string of the molecule is Cc1c(-c2ccc(C[C@H](N)C(=O)OCCN3CCOCC3)cc2)c(=O)n(C)c(=O)n1C. The molecule has 9 nitrogen and oxygen atoms in total. The number of rotatable bonds is 7. The van der Waals surface area contributed by atoms with Gasteiger partial charge >= 0.3 is 11.7 Å². The van der Waals surface area contributed by atoms with Crippen LogP contribution in [0.1, 0.15) is 11.3 Å². The Morgan fingerprint density at radius 1 is 1.13 bits per heavy atom. The van der Waals surface area contributed by atoms with Crippen LogP contribution in [-0.2, 0) is 34.8 Å². The number of carbonyl (C=O) groups is 1. The molecular formula is C22H30N4O5. The van der Waals surface area contributed by atoms with Gasteiger partial charge in [-0.15, -0.1) is 0 Å². The van der Waals surface area contributed by atoms with E-state index in [-0.39, 0.29) is 11.2 Å². The molecule has 2 N–H and O–H groups in total. The molecule has 1 fully saturated rings. The van der Waals surface area contributed by atoms with Crippen molar-refractivity contribution in [1.29, 1.82) is 0 Å². The van der Waals surface area contributed by atoms with Crippen molar-refractivity contribution in [3.05, 3.63) is 56.4 Å². The molecule has 1 aliphatic heterocycles. The van der Waals surface area contributed by atoms with E-state index in [1.165, 1.54) is 11.6 Å². The Kier molecular flexibility index (Phi) is 7.42. The van der Waals surface area contributed by atoms with Crippen molar-refractivity contribution < 1.29 is 14.3 Å². The van der Waals surface area contributed by atoms with Crippen LogP contribution in [0.2, 0.25) is 0 Å². The number of esters is 1. The summed E-state index contributed by atoms with van der Waals surface area (Å²) in [5.74, 6) is -0.430. The summed E-state index contributed by atoms with van der Waals surface area (Å²) >= 11 is 0. The molecule has 0 bridgehead atoms. The predicted molar refractivity (Wildman–Crippen MR) is 117 cm³/mol. The van der Waals surface area contributed by atoms with Crippen LogP contribution in [0.5, 0.6) is 0 Å². The Labute approximate surface area is 181 Å². The predicted octanol–water partition coefficient (Wildman–Crippen LogP) is -0.195. The summed E-state index contributed by atoms with van der Waals surface area (Å²) in [5.41, 5.74) is 7.97. The molecule has 1 aliphatic rings. The monoisotopic (exact) mass is 430 g/mol. The normalized spacial score (nSPS) is 15.6. The molecule has 0 spiro atoms. The second-order valence-electron chi connectivity index (χ2n) is 7.80. The van der Waals surface area contributed by atoms with Gasteiger partial charge in [0.15, 0.2) is 0 Å². The highest BCUT2D eigenvalue weighted by Gasteiger charge is 2.18. The van der Waals surface area contributed by atoms with Crippen molar-refractivity contribution in [2.24, 2.45) is 19.8 Å². The van der Waals surface area contributed by atoms with E-state index in [9.17, 15) is 14.4 Å². The number of aromatic nitrogens is 2. The first-order valence-corrected chi connectivity index (χ1v) is 10.4. The molecule has 0 unspecified atom stereocenters. The third-order valence-electron chi connectivity index (χ3n) is 5.71. The first-order valence-electron chi connectivity index (χ1n) is 10.4. The summed E-state index contributed by atoms with van der Waals surface area (Å²) < 4.78 is 13.2. The molecular weight excluding hydrogens is 400 g/mol. The van der Waals surface area contributed by atoms with E-state index < -0.39 is 12.0 Å².